The van der Waals surface area contributed by atoms with Crippen LogP contribution in [0.2, 0.25) is 5.02 Å². The summed E-state index contributed by atoms with van der Waals surface area (Å²) < 4.78 is 67.4. The topological polar surface area (TPSA) is 54.4 Å². The van der Waals surface area contributed by atoms with Gasteiger partial charge in [-0.15, -0.1) is 0 Å². The number of hydrogen-bond acceptors (Lipinski definition) is 2. The number of hydrogen-bond donors (Lipinski definition) is 1. The Labute approximate surface area is 178 Å². The van der Waals surface area contributed by atoms with E-state index in [1.54, 1.807) is 0 Å². The van der Waals surface area contributed by atoms with Gasteiger partial charge in [-0.2, -0.15) is 21.6 Å². The highest BCUT2D eigenvalue weighted by molar-refractivity contribution is 14.1. The lowest BCUT2D eigenvalue weighted by molar-refractivity contribution is -0.140. The highest BCUT2D eigenvalue weighted by Crippen LogP contribution is 2.50. The van der Waals surface area contributed by atoms with Crippen LogP contribution >= 0.6 is 34.2 Å². The van der Waals surface area contributed by atoms with Crippen molar-refractivity contribution in [1.29, 1.82) is 0 Å². The monoisotopic (exact) mass is 538 g/mol. The summed E-state index contributed by atoms with van der Waals surface area (Å²) in [5.74, 6) is 0. The summed E-state index contributed by atoms with van der Waals surface area (Å²) >= 11 is 8.39. The summed E-state index contributed by atoms with van der Waals surface area (Å²) in [5, 5.41) is 0.846. The van der Waals surface area contributed by atoms with Crippen molar-refractivity contribution < 1.29 is 26.1 Å². The van der Waals surface area contributed by atoms with E-state index >= 15 is 0 Å². The van der Waals surface area contributed by atoms with E-state index in [0.717, 1.165) is 17.2 Å². The van der Waals surface area contributed by atoms with Crippen LogP contribution in [-0.2, 0) is 16.3 Å². The molecule has 0 atom stereocenters. The number of fused-ring (bicyclic) bond motifs is 4. The molecule has 4 rings (SSSR count). The highest BCUT2D eigenvalue weighted by atomic mass is 127. The van der Waals surface area contributed by atoms with Crippen molar-refractivity contribution in [3.8, 4) is 22.3 Å². The van der Waals surface area contributed by atoms with E-state index in [4.69, 9.17) is 16.2 Å². The van der Waals surface area contributed by atoms with Gasteiger partial charge in [-0.25, -0.2) is 0 Å². The standard InChI is InChI=1S/C12H6ClI.C7H5F3O3S/c13-10-6-5-9-7-3-1-2-4-8(7)11(9)12(10)14;8-7(9,10)5-3-1-2-4-6(5)14(11,12)13/h1-6H;1-4H,(H,11,12,13). The van der Waals surface area contributed by atoms with E-state index in [9.17, 15) is 21.6 Å². The molecule has 9 heteroatoms. The van der Waals surface area contributed by atoms with Gasteiger partial charge in [-0.3, -0.25) is 4.55 Å². The molecule has 1 aliphatic carbocycles. The molecule has 0 amide bonds. The Kier molecular flexibility index (Phi) is 5.77. The first-order valence-corrected chi connectivity index (χ1v) is 10.6. The minimum atomic E-state index is -4.84. The molecule has 0 unspecified atom stereocenters. The normalized spacial score (nSPS) is 12.2. The van der Waals surface area contributed by atoms with Crippen LogP contribution in [0.15, 0.2) is 65.6 Å². The third-order valence-electron chi connectivity index (χ3n) is 4.05. The van der Waals surface area contributed by atoms with Gasteiger partial charge in [0.05, 0.1) is 10.6 Å². The Morgan fingerprint density at radius 3 is 2.00 bits per heavy atom. The van der Waals surface area contributed by atoms with E-state index in [2.05, 4.69) is 52.9 Å². The molecule has 3 aromatic rings. The van der Waals surface area contributed by atoms with Gasteiger partial charge in [-0.05, 0) is 57.5 Å². The first-order chi connectivity index (χ1) is 13.0. The fraction of sp³-hybridized carbons (Fsp3) is 0.0526. The third kappa shape index (κ3) is 4.05. The maximum atomic E-state index is 12.2. The number of halogens is 5. The number of alkyl halides is 3. The SMILES string of the molecule is Clc1ccc2c(c1I)-c1ccccc1-2.O=S(=O)(O)c1ccccc1C(F)(F)F. The molecule has 1 aliphatic rings. The molecule has 0 aliphatic heterocycles. The lowest BCUT2D eigenvalue weighted by atomic mass is 9.81. The van der Waals surface area contributed by atoms with Crippen LogP contribution in [0.4, 0.5) is 13.2 Å². The molecule has 0 spiro atoms. The average Bonchev–Trinajstić information content (AvgIpc) is 2.61. The van der Waals surface area contributed by atoms with E-state index in [1.165, 1.54) is 25.8 Å². The number of rotatable bonds is 1. The third-order valence-corrected chi connectivity index (χ3v) is 6.72. The van der Waals surface area contributed by atoms with Gasteiger partial charge in [0.25, 0.3) is 10.1 Å². The second-order valence-electron chi connectivity index (χ2n) is 5.80. The Bertz CT molecular complexity index is 1160. The van der Waals surface area contributed by atoms with Gasteiger partial charge < -0.3 is 0 Å². The summed E-state index contributed by atoms with van der Waals surface area (Å²) in [6.45, 7) is 0. The van der Waals surface area contributed by atoms with E-state index in [-0.39, 0.29) is 0 Å². The first kappa shape index (κ1) is 21.1. The lowest BCUT2D eigenvalue weighted by Crippen LogP contribution is -2.12. The fourth-order valence-electron chi connectivity index (χ4n) is 2.84. The van der Waals surface area contributed by atoms with E-state index in [0.29, 0.717) is 12.1 Å². The molecule has 28 heavy (non-hydrogen) atoms. The van der Waals surface area contributed by atoms with Gasteiger partial charge in [0, 0.05) is 9.13 Å². The molecular formula is C19H11ClF3IO3S. The Morgan fingerprint density at radius 2 is 1.43 bits per heavy atom. The largest absolute Gasteiger partial charge is 0.417 e. The Hall–Kier alpha value is -1.62. The molecular weight excluding hydrogens is 528 g/mol. The second kappa shape index (κ2) is 7.66. The predicted molar refractivity (Wildman–Crippen MR) is 110 cm³/mol. The van der Waals surface area contributed by atoms with Crippen LogP contribution in [0.1, 0.15) is 5.56 Å². The fourth-order valence-corrected chi connectivity index (χ4v) is 4.47. The van der Waals surface area contributed by atoms with E-state index in [1.807, 2.05) is 6.07 Å². The van der Waals surface area contributed by atoms with Crippen LogP contribution < -0.4 is 0 Å². The zero-order valence-electron chi connectivity index (χ0n) is 13.8. The molecule has 0 radical (unpaired) electrons. The maximum absolute atomic E-state index is 12.2. The molecule has 3 aromatic carbocycles. The van der Waals surface area contributed by atoms with Crippen LogP contribution in [0.25, 0.3) is 22.3 Å². The van der Waals surface area contributed by atoms with Crippen molar-refractivity contribution in [2.24, 2.45) is 0 Å². The maximum Gasteiger partial charge on any atom is 0.417 e. The van der Waals surface area contributed by atoms with Crippen molar-refractivity contribution in [3.63, 3.8) is 0 Å². The molecule has 146 valence electrons. The van der Waals surface area contributed by atoms with Gasteiger partial charge in [0.15, 0.2) is 0 Å². The molecule has 0 saturated carbocycles. The molecule has 0 saturated heterocycles. The summed E-state index contributed by atoms with van der Waals surface area (Å²) in [6.07, 6.45) is -4.80. The lowest BCUT2D eigenvalue weighted by Gasteiger charge is -2.25. The number of benzene rings is 3. The van der Waals surface area contributed by atoms with Gasteiger partial charge in [0.2, 0.25) is 0 Å². The van der Waals surface area contributed by atoms with Crippen molar-refractivity contribution in [2.75, 3.05) is 0 Å². The molecule has 0 aromatic heterocycles. The second-order valence-corrected chi connectivity index (χ2v) is 8.67. The minimum absolute atomic E-state index is 0.586. The Balaban J connectivity index is 0.000000161. The van der Waals surface area contributed by atoms with Crippen molar-refractivity contribution >= 4 is 44.3 Å². The smallest absolute Gasteiger partial charge is 0.282 e. The van der Waals surface area contributed by atoms with Crippen LogP contribution in [0.3, 0.4) is 0 Å². The predicted octanol–water partition coefficient (Wildman–Crippen LogP) is 6.54. The quantitative estimate of drug-likeness (QED) is 0.221. The van der Waals surface area contributed by atoms with Crippen molar-refractivity contribution in [2.45, 2.75) is 11.1 Å². The van der Waals surface area contributed by atoms with Crippen molar-refractivity contribution in [1.82, 2.24) is 0 Å². The van der Waals surface area contributed by atoms with Gasteiger partial charge in [0.1, 0.15) is 4.90 Å². The van der Waals surface area contributed by atoms with Crippen LogP contribution in [0.5, 0.6) is 0 Å². The molecule has 0 fully saturated rings. The summed E-state index contributed by atoms with van der Waals surface area (Å²) in [7, 11) is -4.84. The molecule has 3 nitrogen and oxygen atoms in total. The average molecular weight is 539 g/mol. The minimum Gasteiger partial charge on any atom is -0.282 e. The molecule has 1 N–H and O–H groups in total. The summed E-state index contributed by atoms with van der Waals surface area (Å²) in [5.41, 5.74) is 3.94. The zero-order valence-corrected chi connectivity index (χ0v) is 17.6. The summed E-state index contributed by atoms with van der Waals surface area (Å²) in [4.78, 5) is -1.13. The van der Waals surface area contributed by atoms with Crippen molar-refractivity contribution in [3.05, 3.63) is 74.8 Å². The van der Waals surface area contributed by atoms with E-state index < -0.39 is 26.8 Å². The molecule has 0 heterocycles. The van der Waals surface area contributed by atoms with Gasteiger partial charge in [-0.1, -0.05) is 54.1 Å². The molecule has 0 bridgehead atoms. The summed E-state index contributed by atoms with van der Waals surface area (Å²) in [6, 6.07) is 15.9. The van der Waals surface area contributed by atoms with Crippen LogP contribution in [0, 0.1) is 3.57 Å². The first-order valence-electron chi connectivity index (χ1n) is 7.73. The highest BCUT2D eigenvalue weighted by Gasteiger charge is 2.36. The Morgan fingerprint density at radius 1 is 0.857 bits per heavy atom. The van der Waals surface area contributed by atoms with Gasteiger partial charge >= 0.3 is 6.18 Å². The zero-order chi connectivity index (χ0) is 20.7. The van der Waals surface area contributed by atoms with Crippen LogP contribution in [-0.4, -0.2) is 13.0 Å².